The maximum Gasteiger partial charge on any atom is 0.253 e. The van der Waals surface area contributed by atoms with Gasteiger partial charge in [-0.3, -0.25) is 14.4 Å². The number of aryl methyl sites for hydroxylation is 2. The predicted molar refractivity (Wildman–Crippen MR) is 155 cm³/mol. The third kappa shape index (κ3) is 4.98. The van der Waals surface area contributed by atoms with Gasteiger partial charge < -0.3 is 24.5 Å². The number of rotatable bonds is 12. The second-order valence-corrected chi connectivity index (χ2v) is 12.0. The Bertz CT molecular complexity index is 1140. The number of likely N-dealkylation sites (tertiary alicyclic amines) is 1. The lowest BCUT2D eigenvalue weighted by Crippen LogP contribution is -2.57. The number of benzene rings is 1. The molecule has 0 saturated carbocycles. The van der Waals surface area contributed by atoms with Gasteiger partial charge in [-0.25, -0.2) is 0 Å². The molecule has 0 aliphatic carbocycles. The number of halogens is 1. The zero-order chi connectivity index (χ0) is 28.5. The number of hydrogen-bond acceptors (Lipinski definition) is 5. The van der Waals surface area contributed by atoms with Crippen molar-refractivity contribution in [2.45, 2.75) is 62.6 Å². The molecular weight excluding hydrogens is 562 g/mol. The molecule has 3 aliphatic rings. The fraction of sp³-hybridized carbons (Fsp3) is 0.567. The number of fused-ring (bicyclic) bond motifs is 1. The lowest BCUT2D eigenvalue weighted by Gasteiger charge is -2.37. The minimum atomic E-state index is -1.15. The quantitative estimate of drug-likeness (QED) is 0.293. The normalized spacial score (nSPS) is 28.9. The molecule has 4 rings (SSSR count). The van der Waals surface area contributed by atoms with Gasteiger partial charge in [0.25, 0.3) is 5.91 Å². The highest BCUT2D eigenvalue weighted by molar-refractivity contribution is 9.09. The number of carbonyl (C=O) groups excluding carboxylic acids is 3. The lowest BCUT2D eigenvalue weighted by molar-refractivity contribution is -0.145. The van der Waals surface area contributed by atoms with Crippen LogP contribution >= 0.6 is 15.9 Å². The first-order valence-electron chi connectivity index (χ1n) is 13.8. The Labute approximate surface area is 239 Å². The van der Waals surface area contributed by atoms with Gasteiger partial charge in [0.15, 0.2) is 0 Å². The number of aliphatic hydroxyl groups is 1. The molecular formula is C30H40BrN3O5. The second-order valence-electron chi connectivity index (χ2n) is 10.9. The topological polar surface area (TPSA) is 90.4 Å². The monoisotopic (exact) mass is 601 g/mol. The summed E-state index contributed by atoms with van der Waals surface area (Å²) in [5.41, 5.74) is 1.55. The van der Waals surface area contributed by atoms with E-state index in [9.17, 15) is 19.5 Å². The van der Waals surface area contributed by atoms with Crippen LogP contribution in [-0.4, -0.2) is 88.0 Å². The number of aliphatic hydroxyl groups excluding tert-OH is 1. The van der Waals surface area contributed by atoms with E-state index in [4.69, 9.17) is 4.74 Å². The van der Waals surface area contributed by atoms with E-state index in [1.165, 1.54) is 0 Å². The van der Waals surface area contributed by atoms with Crippen LogP contribution in [0.5, 0.6) is 0 Å². The van der Waals surface area contributed by atoms with E-state index in [2.05, 4.69) is 29.1 Å². The van der Waals surface area contributed by atoms with Gasteiger partial charge in [-0.05, 0) is 50.3 Å². The molecule has 8 nitrogen and oxygen atoms in total. The van der Waals surface area contributed by atoms with Crippen LogP contribution in [0, 0.1) is 25.7 Å². The van der Waals surface area contributed by atoms with Crippen LogP contribution in [0.25, 0.3) is 0 Å². The standard InChI is InChI=1S/C30H40BrN3O5/c1-6-12-32(13-7-2)27(36)23-24-28(37)34(15-9-16-35)26(30(24)18-21(31)25(23)39-30)29(38)33(14-8-3)22-17-19(4)10-11-20(22)5/h6,8,10-11,17,21,23-26,35H,1,3,7,9,12-16,18H2,2,4-5H3/t21?,23-,24+,25-,26?,30?/m1/s1. The highest BCUT2D eigenvalue weighted by atomic mass is 79.9. The molecule has 3 fully saturated rings. The van der Waals surface area contributed by atoms with Crippen LogP contribution in [0.15, 0.2) is 43.5 Å². The molecule has 1 aromatic carbocycles. The molecule has 9 heteroatoms. The van der Waals surface area contributed by atoms with Gasteiger partial charge in [-0.1, -0.05) is 47.1 Å². The van der Waals surface area contributed by atoms with Crippen LogP contribution in [0.1, 0.15) is 37.3 Å². The molecule has 3 unspecified atom stereocenters. The van der Waals surface area contributed by atoms with E-state index >= 15 is 0 Å². The van der Waals surface area contributed by atoms with Gasteiger partial charge in [-0.2, -0.15) is 0 Å². The van der Waals surface area contributed by atoms with E-state index in [1.54, 1.807) is 26.9 Å². The number of alkyl halides is 1. The maximum absolute atomic E-state index is 14.6. The van der Waals surface area contributed by atoms with Gasteiger partial charge in [0.2, 0.25) is 11.8 Å². The van der Waals surface area contributed by atoms with Gasteiger partial charge >= 0.3 is 0 Å². The van der Waals surface area contributed by atoms with Crippen LogP contribution in [0.4, 0.5) is 5.69 Å². The van der Waals surface area contributed by atoms with E-state index in [-0.39, 0.29) is 42.2 Å². The molecule has 2 bridgehead atoms. The van der Waals surface area contributed by atoms with Gasteiger partial charge in [0.05, 0.1) is 17.9 Å². The van der Waals surface area contributed by atoms with Crippen molar-refractivity contribution < 1.29 is 24.2 Å². The highest BCUT2D eigenvalue weighted by Gasteiger charge is 2.76. The van der Waals surface area contributed by atoms with Crippen molar-refractivity contribution in [3.63, 3.8) is 0 Å². The molecule has 3 amide bonds. The van der Waals surface area contributed by atoms with Gasteiger partial charge in [0, 0.05) is 43.3 Å². The summed E-state index contributed by atoms with van der Waals surface area (Å²) in [4.78, 5) is 47.5. The van der Waals surface area contributed by atoms with Crippen molar-refractivity contribution in [1.29, 1.82) is 0 Å². The summed E-state index contributed by atoms with van der Waals surface area (Å²) in [6.07, 6.45) is 4.38. The van der Waals surface area contributed by atoms with Crippen molar-refractivity contribution in [2.75, 3.05) is 37.7 Å². The number of hydrogen-bond donors (Lipinski definition) is 1. The Morgan fingerprint density at radius 2 is 1.95 bits per heavy atom. The summed E-state index contributed by atoms with van der Waals surface area (Å²) in [6.45, 7) is 14.9. The van der Waals surface area contributed by atoms with Crippen LogP contribution in [-0.2, 0) is 19.1 Å². The molecule has 3 saturated heterocycles. The summed E-state index contributed by atoms with van der Waals surface area (Å²) in [7, 11) is 0. The summed E-state index contributed by atoms with van der Waals surface area (Å²) < 4.78 is 6.65. The largest absolute Gasteiger partial charge is 0.396 e. The molecule has 1 spiro atoms. The Kier molecular flexibility index (Phi) is 9.03. The molecule has 3 heterocycles. The molecule has 3 aliphatic heterocycles. The first-order chi connectivity index (χ1) is 18.7. The maximum atomic E-state index is 14.6. The minimum Gasteiger partial charge on any atom is -0.396 e. The molecule has 6 atom stereocenters. The van der Waals surface area contributed by atoms with Crippen LogP contribution in [0.3, 0.4) is 0 Å². The van der Waals surface area contributed by atoms with E-state index in [0.29, 0.717) is 25.9 Å². The highest BCUT2D eigenvalue weighted by Crippen LogP contribution is 2.60. The summed E-state index contributed by atoms with van der Waals surface area (Å²) in [6, 6.07) is 5.00. The van der Waals surface area contributed by atoms with Crippen molar-refractivity contribution in [3.05, 3.63) is 54.6 Å². The zero-order valence-electron chi connectivity index (χ0n) is 23.1. The number of ether oxygens (including phenoxy) is 1. The first kappa shape index (κ1) is 29.5. The number of carbonyl (C=O) groups is 3. The van der Waals surface area contributed by atoms with Crippen molar-refractivity contribution >= 4 is 39.3 Å². The smallest absolute Gasteiger partial charge is 0.253 e. The predicted octanol–water partition coefficient (Wildman–Crippen LogP) is 3.38. The first-order valence-corrected chi connectivity index (χ1v) is 14.7. The van der Waals surface area contributed by atoms with E-state index in [0.717, 1.165) is 23.2 Å². The number of amides is 3. The van der Waals surface area contributed by atoms with Crippen molar-refractivity contribution in [2.24, 2.45) is 11.8 Å². The summed E-state index contributed by atoms with van der Waals surface area (Å²) in [5, 5.41) is 9.63. The molecule has 212 valence electrons. The third-order valence-electron chi connectivity index (χ3n) is 8.25. The number of nitrogens with zero attached hydrogens (tertiary/aromatic N) is 3. The number of anilines is 1. The van der Waals surface area contributed by atoms with E-state index in [1.807, 2.05) is 39.0 Å². The Hall–Kier alpha value is -2.49. The Balaban J connectivity index is 1.81. The zero-order valence-corrected chi connectivity index (χ0v) is 24.7. The SMILES string of the molecule is C=CCN(CCC)C(=O)[C@H]1[C@@H]2OC3(CC2Br)C(C(=O)N(CC=C)c2cc(C)ccc2C)N(CCCO)C(=O)[C@H]13. The lowest BCUT2D eigenvalue weighted by atomic mass is 9.70. The van der Waals surface area contributed by atoms with Crippen LogP contribution in [0.2, 0.25) is 0 Å². The molecule has 0 radical (unpaired) electrons. The molecule has 1 aromatic rings. The average Bonchev–Trinajstić information content (AvgIpc) is 3.50. The fourth-order valence-electron chi connectivity index (χ4n) is 6.69. The van der Waals surface area contributed by atoms with Gasteiger partial charge in [-0.15, -0.1) is 13.2 Å². The average molecular weight is 603 g/mol. The van der Waals surface area contributed by atoms with Crippen molar-refractivity contribution in [1.82, 2.24) is 9.80 Å². The Morgan fingerprint density at radius 1 is 1.23 bits per heavy atom. The summed E-state index contributed by atoms with van der Waals surface area (Å²) >= 11 is 3.74. The fourth-order valence-corrected chi connectivity index (χ4v) is 7.64. The molecule has 39 heavy (non-hydrogen) atoms. The second kappa shape index (κ2) is 11.9. The molecule has 1 N–H and O–H groups in total. The van der Waals surface area contributed by atoms with Gasteiger partial charge in [0.1, 0.15) is 11.6 Å². The van der Waals surface area contributed by atoms with E-state index < -0.39 is 29.6 Å². The Morgan fingerprint density at radius 3 is 2.59 bits per heavy atom. The van der Waals surface area contributed by atoms with Crippen LogP contribution < -0.4 is 4.90 Å². The molecule has 0 aromatic heterocycles. The summed E-state index contributed by atoms with van der Waals surface area (Å²) in [5.74, 6) is -2.13. The third-order valence-corrected chi connectivity index (χ3v) is 9.10. The minimum absolute atomic E-state index is 0.119. The van der Waals surface area contributed by atoms with Crippen molar-refractivity contribution in [3.8, 4) is 0 Å².